The number of carbonyl (C=O) groups is 2. The molecule has 2 unspecified atom stereocenters. The first-order valence-corrected chi connectivity index (χ1v) is 6.96. The SMILES string of the molecule is CCOC(=O)N1CC(C)CC(NC(=O)C(C)(C)C)C1. The highest BCUT2D eigenvalue weighted by Gasteiger charge is 2.31. The van der Waals surface area contributed by atoms with Crippen LogP contribution in [0, 0.1) is 11.3 Å². The van der Waals surface area contributed by atoms with Gasteiger partial charge in [0, 0.05) is 24.5 Å². The first kappa shape index (κ1) is 15.8. The zero-order chi connectivity index (χ0) is 14.6. The molecule has 19 heavy (non-hydrogen) atoms. The van der Waals surface area contributed by atoms with Crippen LogP contribution in [0.3, 0.4) is 0 Å². The zero-order valence-electron chi connectivity index (χ0n) is 12.7. The Labute approximate surface area is 115 Å². The fourth-order valence-corrected chi connectivity index (χ4v) is 2.22. The molecule has 2 amide bonds. The van der Waals surface area contributed by atoms with Crippen LogP contribution in [-0.4, -0.2) is 42.6 Å². The van der Waals surface area contributed by atoms with Crippen LogP contribution < -0.4 is 5.32 Å². The maximum absolute atomic E-state index is 12.0. The Balaban J connectivity index is 2.60. The van der Waals surface area contributed by atoms with Gasteiger partial charge in [0.25, 0.3) is 0 Å². The van der Waals surface area contributed by atoms with Gasteiger partial charge >= 0.3 is 6.09 Å². The molecule has 0 radical (unpaired) electrons. The van der Waals surface area contributed by atoms with E-state index in [9.17, 15) is 9.59 Å². The van der Waals surface area contributed by atoms with Crippen molar-refractivity contribution in [3.8, 4) is 0 Å². The number of piperidine rings is 1. The summed E-state index contributed by atoms with van der Waals surface area (Å²) in [7, 11) is 0. The maximum atomic E-state index is 12.0. The van der Waals surface area contributed by atoms with Crippen LogP contribution in [0.1, 0.15) is 41.0 Å². The Bertz CT molecular complexity index is 336. The molecule has 1 N–H and O–H groups in total. The van der Waals surface area contributed by atoms with Crippen LogP contribution in [0.15, 0.2) is 0 Å². The first-order chi connectivity index (χ1) is 8.74. The quantitative estimate of drug-likeness (QED) is 0.835. The number of nitrogens with zero attached hydrogens (tertiary/aromatic N) is 1. The smallest absolute Gasteiger partial charge is 0.409 e. The van der Waals surface area contributed by atoms with E-state index in [1.165, 1.54) is 0 Å². The maximum Gasteiger partial charge on any atom is 0.409 e. The van der Waals surface area contributed by atoms with E-state index in [0.29, 0.717) is 25.6 Å². The van der Waals surface area contributed by atoms with Gasteiger partial charge in [-0.25, -0.2) is 4.79 Å². The minimum absolute atomic E-state index is 0.0138. The average Bonchev–Trinajstić information content (AvgIpc) is 2.27. The van der Waals surface area contributed by atoms with Gasteiger partial charge in [0.2, 0.25) is 5.91 Å². The van der Waals surface area contributed by atoms with E-state index in [1.807, 2.05) is 20.8 Å². The van der Waals surface area contributed by atoms with Gasteiger partial charge < -0.3 is 15.0 Å². The molecule has 110 valence electrons. The van der Waals surface area contributed by atoms with Crippen molar-refractivity contribution in [1.82, 2.24) is 10.2 Å². The summed E-state index contributed by atoms with van der Waals surface area (Å²) in [5, 5.41) is 3.03. The fourth-order valence-electron chi connectivity index (χ4n) is 2.22. The number of rotatable bonds is 2. The molecule has 0 aromatic rings. The van der Waals surface area contributed by atoms with E-state index in [2.05, 4.69) is 12.2 Å². The lowest BCUT2D eigenvalue weighted by atomic mass is 9.92. The predicted octanol–water partition coefficient (Wildman–Crippen LogP) is 2.02. The van der Waals surface area contributed by atoms with Gasteiger partial charge in [0.05, 0.1) is 6.61 Å². The summed E-state index contributed by atoms with van der Waals surface area (Å²) in [6, 6.07) is 0.0138. The molecule has 1 fully saturated rings. The van der Waals surface area contributed by atoms with Crippen LogP contribution in [0.4, 0.5) is 4.79 Å². The Kier molecular flexibility index (Phi) is 5.20. The first-order valence-electron chi connectivity index (χ1n) is 6.96. The van der Waals surface area contributed by atoms with E-state index >= 15 is 0 Å². The lowest BCUT2D eigenvalue weighted by molar-refractivity contribution is -0.129. The average molecular weight is 270 g/mol. The third kappa shape index (κ3) is 4.73. The molecule has 0 aromatic carbocycles. The highest BCUT2D eigenvalue weighted by molar-refractivity contribution is 5.81. The number of hydrogen-bond acceptors (Lipinski definition) is 3. The van der Waals surface area contributed by atoms with Crippen LogP contribution >= 0.6 is 0 Å². The van der Waals surface area contributed by atoms with Gasteiger partial charge in [-0.1, -0.05) is 27.7 Å². The predicted molar refractivity (Wildman–Crippen MR) is 73.8 cm³/mol. The number of likely N-dealkylation sites (tertiary alicyclic amines) is 1. The monoisotopic (exact) mass is 270 g/mol. The summed E-state index contributed by atoms with van der Waals surface area (Å²) in [6.07, 6.45) is 0.613. The van der Waals surface area contributed by atoms with Crippen molar-refractivity contribution >= 4 is 12.0 Å². The Morgan fingerprint density at radius 1 is 1.32 bits per heavy atom. The van der Waals surface area contributed by atoms with Crippen LogP contribution in [0.25, 0.3) is 0 Å². The minimum Gasteiger partial charge on any atom is -0.450 e. The van der Waals surface area contributed by atoms with E-state index in [4.69, 9.17) is 4.74 Å². The van der Waals surface area contributed by atoms with Gasteiger partial charge in [0.15, 0.2) is 0 Å². The number of amides is 2. The lowest BCUT2D eigenvalue weighted by Gasteiger charge is -2.37. The second-order valence-electron chi connectivity index (χ2n) is 6.37. The molecule has 0 aliphatic carbocycles. The molecule has 0 spiro atoms. The molecule has 0 saturated carbocycles. The van der Waals surface area contributed by atoms with Crippen molar-refractivity contribution in [3.05, 3.63) is 0 Å². The molecular weight excluding hydrogens is 244 g/mol. The summed E-state index contributed by atoms with van der Waals surface area (Å²) in [4.78, 5) is 25.4. The summed E-state index contributed by atoms with van der Waals surface area (Å²) in [6.45, 7) is 11.1. The van der Waals surface area contributed by atoms with Gasteiger partial charge in [-0.05, 0) is 19.3 Å². The Morgan fingerprint density at radius 3 is 2.47 bits per heavy atom. The van der Waals surface area contributed by atoms with Gasteiger partial charge in [0.1, 0.15) is 0 Å². The molecule has 5 heteroatoms. The van der Waals surface area contributed by atoms with Crippen molar-refractivity contribution in [1.29, 1.82) is 0 Å². The largest absolute Gasteiger partial charge is 0.450 e. The third-order valence-corrected chi connectivity index (χ3v) is 3.20. The van der Waals surface area contributed by atoms with E-state index in [-0.39, 0.29) is 18.0 Å². The van der Waals surface area contributed by atoms with E-state index < -0.39 is 5.41 Å². The number of nitrogens with one attached hydrogen (secondary N) is 1. The number of carbonyl (C=O) groups excluding carboxylic acids is 2. The molecule has 1 heterocycles. The van der Waals surface area contributed by atoms with Crippen LogP contribution in [0.2, 0.25) is 0 Å². The highest BCUT2D eigenvalue weighted by Crippen LogP contribution is 2.19. The molecular formula is C14H26N2O3. The van der Waals surface area contributed by atoms with Crippen molar-refractivity contribution in [2.45, 2.75) is 47.1 Å². The zero-order valence-corrected chi connectivity index (χ0v) is 12.7. The molecule has 0 bridgehead atoms. The molecule has 1 aliphatic heterocycles. The summed E-state index contributed by atoms with van der Waals surface area (Å²) in [5.74, 6) is 0.388. The van der Waals surface area contributed by atoms with Crippen molar-refractivity contribution < 1.29 is 14.3 Å². The van der Waals surface area contributed by atoms with Crippen molar-refractivity contribution in [2.24, 2.45) is 11.3 Å². The molecule has 1 rings (SSSR count). The van der Waals surface area contributed by atoms with Crippen molar-refractivity contribution in [3.63, 3.8) is 0 Å². The molecule has 0 aromatic heterocycles. The van der Waals surface area contributed by atoms with Gasteiger partial charge in [-0.2, -0.15) is 0 Å². The second-order valence-corrected chi connectivity index (χ2v) is 6.37. The third-order valence-electron chi connectivity index (χ3n) is 3.20. The van der Waals surface area contributed by atoms with E-state index in [0.717, 1.165) is 6.42 Å². The number of hydrogen-bond donors (Lipinski definition) is 1. The second kappa shape index (κ2) is 6.26. The van der Waals surface area contributed by atoms with Crippen LogP contribution in [-0.2, 0) is 9.53 Å². The van der Waals surface area contributed by atoms with Gasteiger partial charge in [-0.3, -0.25) is 4.79 Å². The molecule has 5 nitrogen and oxygen atoms in total. The van der Waals surface area contributed by atoms with Crippen molar-refractivity contribution in [2.75, 3.05) is 19.7 Å². The Hall–Kier alpha value is -1.26. The van der Waals surface area contributed by atoms with E-state index in [1.54, 1.807) is 11.8 Å². The minimum atomic E-state index is -0.407. The topological polar surface area (TPSA) is 58.6 Å². The summed E-state index contributed by atoms with van der Waals surface area (Å²) in [5.41, 5.74) is -0.407. The standard InChI is InChI=1S/C14H26N2O3/c1-6-19-13(18)16-8-10(2)7-11(9-16)15-12(17)14(3,4)5/h10-11H,6-9H2,1-5H3,(H,15,17). The fraction of sp³-hybridized carbons (Fsp3) is 0.857. The normalized spacial score (nSPS) is 23.9. The lowest BCUT2D eigenvalue weighted by Crippen LogP contribution is -2.53. The molecule has 2 atom stereocenters. The molecule has 1 aliphatic rings. The van der Waals surface area contributed by atoms with Gasteiger partial charge in [-0.15, -0.1) is 0 Å². The Morgan fingerprint density at radius 2 is 1.95 bits per heavy atom. The summed E-state index contributed by atoms with van der Waals surface area (Å²) >= 11 is 0. The highest BCUT2D eigenvalue weighted by atomic mass is 16.6. The number of ether oxygens (including phenoxy) is 1. The van der Waals surface area contributed by atoms with Crippen LogP contribution in [0.5, 0.6) is 0 Å². The summed E-state index contributed by atoms with van der Waals surface area (Å²) < 4.78 is 5.02. The molecule has 1 saturated heterocycles.